The number of ketones is 2. The first kappa shape index (κ1) is 13.7. The molecule has 2 bridgehead atoms. The van der Waals surface area contributed by atoms with Crippen molar-refractivity contribution in [1.82, 2.24) is 0 Å². The van der Waals surface area contributed by atoms with Gasteiger partial charge in [-0.3, -0.25) is 9.59 Å². The fourth-order valence-electron chi connectivity index (χ4n) is 6.65. The number of fused-ring (bicyclic) bond motifs is 3. The Morgan fingerprint density at radius 3 is 2.62 bits per heavy atom. The monoisotopic (exact) mass is 286 g/mol. The molecule has 0 saturated heterocycles. The summed E-state index contributed by atoms with van der Waals surface area (Å²) in [7, 11) is 0. The first-order valence-electron chi connectivity index (χ1n) is 8.74. The molecule has 0 aliphatic heterocycles. The second-order valence-electron chi connectivity index (χ2n) is 8.21. The van der Waals surface area contributed by atoms with Crippen molar-refractivity contribution in [1.29, 1.82) is 0 Å². The topological polar surface area (TPSA) is 34.1 Å². The van der Waals surface area contributed by atoms with Crippen molar-refractivity contribution < 1.29 is 9.59 Å². The van der Waals surface area contributed by atoms with E-state index in [-0.39, 0.29) is 23.0 Å². The molecule has 0 aromatic heterocycles. The van der Waals surface area contributed by atoms with E-state index in [2.05, 4.69) is 20.4 Å². The summed E-state index contributed by atoms with van der Waals surface area (Å²) in [5.41, 5.74) is 0.399. The molecule has 4 rings (SSSR count). The third kappa shape index (κ3) is 1.49. The molecular formula is C19H26O2. The van der Waals surface area contributed by atoms with E-state index in [4.69, 9.17) is 0 Å². The predicted octanol–water partition coefficient (Wildman–Crippen LogP) is 3.80. The van der Waals surface area contributed by atoms with Crippen LogP contribution in [0.4, 0.5) is 0 Å². The summed E-state index contributed by atoms with van der Waals surface area (Å²) in [6.45, 7) is 8.63. The van der Waals surface area contributed by atoms with Gasteiger partial charge in [-0.15, -0.1) is 0 Å². The molecule has 2 unspecified atom stereocenters. The maximum Gasteiger partial charge on any atom is 0.165 e. The molecule has 114 valence electrons. The minimum atomic E-state index is -0.366. The number of hydrogen-bond donors (Lipinski definition) is 0. The van der Waals surface area contributed by atoms with Crippen LogP contribution in [0.5, 0.6) is 0 Å². The molecule has 4 fully saturated rings. The zero-order valence-electron chi connectivity index (χ0n) is 13.2. The van der Waals surface area contributed by atoms with Crippen LogP contribution in [0.15, 0.2) is 12.2 Å². The van der Waals surface area contributed by atoms with Crippen LogP contribution < -0.4 is 0 Å². The third-order valence-corrected chi connectivity index (χ3v) is 7.70. The van der Waals surface area contributed by atoms with E-state index in [1.165, 1.54) is 12.8 Å². The van der Waals surface area contributed by atoms with E-state index >= 15 is 0 Å². The minimum Gasteiger partial charge on any atom is -0.299 e. The molecule has 0 amide bonds. The van der Waals surface area contributed by atoms with Gasteiger partial charge in [-0.2, -0.15) is 0 Å². The van der Waals surface area contributed by atoms with Gasteiger partial charge < -0.3 is 0 Å². The summed E-state index contributed by atoms with van der Waals surface area (Å²) in [6, 6.07) is 0. The van der Waals surface area contributed by atoms with Gasteiger partial charge >= 0.3 is 0 Å². The van der Waals surface area contributed by atoms with E-state index in [9.17, 15) is 9.59 Å². The van der Waals surface area contributed by atoms with Gasteiger partial charge in [-0.25, -0.2) is 0 Å². The molecule has 1 spiro atoms. The Bertz CT molecular complexity index is 534. The van der Waals surface area contributed by atoms with E-state index in [1.807, 2.05) is 0 Å². The van der Waals surface area contributed by atoms with Gasteiger partial charge in [0.05, 0.1) is 0 Å². The maximum atomic E-state index is 13.0. The van der Waals surface area contributed by atoms with Crippen LogP contribution in [-0.2, 0) is 9.59 Å². The van der Waals surface area contributed by atoms with Gasteiger partial charge in [-0.05, 0) is 54.4 Å². The van der Waals surface area contributed by atoms with Gasteiger partial charge in [0.2, 0.25) is 0 Å². The van der Waals surface area contributed by atoms with E-state index in [0.717, 1.165) is 30.8 Å². The molecule has 2 heteroatoms. The van der Waals surface area contributed by atoms with Crippen molar-refractivity contribution in [2.24, 2.45) is 40.9 Å². The van der Waals surface area contributed by atoms with Crippen LogP contribution in [0.1, 0.15) is 52.4 Å². The highest BCUT2D eigenvalue weighted by Gasteiger charge is 2.67. The lowest BCUT2D eigenvalue weighted by atomic mass is 9.47. The lowest BCUT2D eigenvalue weighted by molar-refractivity contribution is -0.157. The Hall–Kier alpha value is -0.920. The minimum absolute atomic E-state index is 0.0111. The van der Waals surface area contributed by atoms with Gasteiger partial charge in [0.15, 0.2) is 5.78 Å². The van der Waals surface area contributed by atoms with Gasteiger partial charge in [0, 0.05) is 17.8 Å². The Morgan fingerprint density at radius 2 is 1.86 bits per heavy atom. The second-order valence-corrected chi connectivity index (χ2v) is 8.21. The Balaban J connectivity index is 1.82. The van der Waals surface area contributed by atoms with Crippen LogP contribution in [-0.4, -0.2) is 11.6 Å². The average molecular weight is 286 g/mol. The molecule has 2 nitrogen and oxygen atoms in total. The highest BCUT2D eigenvalue weighted by atomic mass is 16.1. The molecule has 0 aromatic carbocycles. The molecule has 0 N–H and O–H groups in total. The number of allylic oxidation sites excluding steroid dienone is 1. The van der Waals surface area contributed by atoms with Gasteiger partial charge in [-0.1, -0.05) is 33.3 Å². The van der Waals surface area contributed by atoms with Crippen molar-refractivity contribution >= 4 is 11.6 Å². The lowest BCUT2D eigenvalue weighted by Crippen LogP contribution is -2.56. The van der Waals surface area contributed by atoms with Crippen LogP contribution in [0.25, 0.3) is 0 Å². The van der Waals surface area contributed by atoms with Crippen molar-refractivity contribution in [2.45, 2.75) is 52.4 Å². The van der Waals surface area contributed by atoms with Crippen LogP contribution in [0.3, 0.4) is 0 Å². The molecule has 0 aromatic rings. The summed E-state index contributed by atoms with van der Waals surface area (Å²) in [4.78, 5) is 25.9. The van der Waals surface area contributed by atoms with Crippen molar-refractivity contribution in [3.63, 3.8) is 0 Å². The fourth-order valence-corrected chi connectivity index (χ4v) is 6.65. The maximum absolute atomic E-state index is 13.0. The average Bonchev–Trinajstić information content (AvgIpc) is 2.58. The van der Waals surface area contributed by atoms with Gasteiger partial charge in [0.25, 0.3) is 0 Å². The molecule has 7 atom stereocenters. The number of rotatable bonds is 0. The van der Waals surface area contributed by atoms with Gasteiger partial charge in [0.1, 0.15) is 5.78 Å². The summed E-state index contributed by atoms with van der Waals surface area (Å²) >= 11 is 0. The molecular weight excluding hydrogens is 260 g/mol. The quantitative estimate of drug-likeness (QED) is 0.635. The summed E-state index contributed by atoms with van der Waals surface area (Å²) in [5.74, 6) is 2.98. The second kappa shape index (κ2) is 4.30. The number of carbonyl (C=O) groups is 2. The first-order chi connectivity index (χ1) is 9.98. The number of carbonyl (C=O) groups excluding carboxylic acids is 2. The normalized spacial score (nSPS) is 52.6. The van der Waals surface area contributed by atoms with E-state index < -0.39 is 0 Å². The molecule has 4 aliphatic rings. The molecule has 4 aliphatic carbocycles. The highest BCUT2D eigenvalue weighted by molar-refractivity contribution is 6.08. The van der Waals surface area contributed by atoms with Crippen molar-refractivity contribution in [3.05, 3.63) is 12.2 Å². The smallest absolute Gasteiger partial charge is 0.165 e. The largest absolute Gasteiger partial charge is 0.299 e. The Labute approximate surface area is 127 Å². The number of Topliss-reactive ketones (excluding diaryl/α,β-unsaturated/α-hetero) is 2. The molecule has 21 heavy (non-hydrogen) atoms. The first-order valence-corrected chi connectivity index (χ1v) is 8.74. The highest BCUT2D eigenvalue weighted by Crippen LogP contribution is 2.66. The van der Waals surface area contributed by atoms with Crippen molar-refractivity contribution in [2.75, 3.05) is 0 Å². The standard InChI is InChI=1S/C19H26O2/c1-10-5-4-6-14-13(10)7-8-19-12(3)15(11(2)18(19)21)9-16(20)17(14)19/h10,12-15,17H,2,4-9H2,1,3H3/t10-,12?,13+,14?,15-,17+,19+/m0/s1. The van der Waals surface area contributed by atoms with Crippen LogP contribution in [0, 0.1) is 40.9 Å². The third-order valence-electron chi connectivity index (χ3n) is 7.70. The van der Waals surface area contributed by atoms with E-state index in [0.29, 0.717) is 30.0 Å². The molecule has 4 saturated carbocycles. The molecule has 0 heterocycles. The lowest BCUT2D eigenvalue weighted by Gasteiger charge is -2.55. The SMILES string of the molecule is C=C1C(=O)[C@@]23CC[C@H]4C(CCC[C@@H]4C)[C@@H]2C(=O)C[C@@H]1C3C. The Morgan fingerprint density at radius 1 is 1.10 bits per heavy atom. The van der Waals surface area contributed by atoms with E-state index in [1.54, 1.807) is 0 Å². The summed E-state index contributed by atoms with van der Waals surface area (Å²) < 4.78 is 0. The number of hydrogen-bond acceptors (Lipinski definition) is 2. The van der Waals surface area contributed by atoms with Crippen LogP contribution >= 0.6 is 0 Å². The zero-order chi connectivity index (χ0) is 14.9. The zero-order valence-corrected chi connectivity index (χ0v) is 13.2. The van der Waals surface area contributed by atoms with Crippen molar-refractivity contribution in [3.8, 4) is 0 Å². The predicted molar refractivity (Wildman–Crippen MR) is 81.6 cm³/mol. The summed E-state index contributed by atoms with van der Waals surface area (Å²) in [6.07, 6.45) is 6.35. The Kier molecular flexibility index (Phi) is 2.81. The van der Waals surface area contributed by atoms with Crippen LogP contribution in [0.2, 0.25) is 0 Å². The fraction of sp³-hybridized carbons (Fsp3) is 0.789. The molecule has 0 radical (unpaired) electrons. The summed E-state index contributed by atoms with van der Waals surface area (Å²) in [5, 5.41) is 0.